The van der Waals surface area contributed by atoms with E-state index in [0.717, 1.165) is 22.5 Å². The van der Waals surface area contributed by atoms with Crippen molar-refractivity contribution in [2.75, 3.05) is 20.8 Å². The molecule has 0 fully saturated rings. The fraction of sp³-hybridized carbons (Fsp3) is 0.250. The summed E-state index contributed by atoms with van der Waals surface area (Å²) >= 11 is 0. The molecule has 1 unspecified atom stereocenters. The third kappa shape index (κ3) is 3.68. The Kier molecular flexibility index (Phi) is 5.31. The van der Waals surface area contributed by atoms with E-state index < -0.39 is 0 Å². The second-order valence-corrected chi connectivity index (χ2v) is 7.41. The molecule has 0 N–H and O–H groups in total. The van der Waals surface area contributed by atoms with Crippen LogP contribution in [0.25, 0.3) is 5.57 Å². The highest BCUT2D eigenvalue weighted by atomic mass is 16.5. The lowest BCUT2D eigenvalue weighted by Crippen LogP contribution is -2.32. The molecule has 0 bridgehead atoms. The SMILES string of the molecule is C=C(C)COc1cc2c(cc1OC)C(=O)N1C=C(c3ccc(OC)cc3)CC1C=N2. The van der Waals surface area contributed by atoms with Crippen molar-refractivity contribution >= 4 is 23.4 Å². The van der Waals surface area contributed by atoms with Crippen LogP contribution >= 0.6 is 0 Å². The van der Waals surface area contributed by atoms with Gasteiger partial charge in [-0.3, -0.25) is 9.79 Å². The van der Waals surface area contributed by atoms with Crippen LogP contribution in [0.4, 0.5) is 5.69 Å². The highest BCUT2D eigenvalue weighted by molar-refractivity contribution is 6.05. The number of carbonyl (C=O) groups excluding carboxylic acids is 1. The molecule has 2 aromatic carbocycles. The molecule has 0 spiro atoms. The molecule has 0 aromatic heterocycles. The highest BCUT2D eigenvalue weighted by Crippen LogP contribution is 2.39. The molecule has 1 amide bonds. The van der Waals surface area contributed by atoms with Gasteiger partial charge in [-0.25, -0.2) is 0 Å². The minimum absolute atomic E-state index is 0.110. The van der Waals surface area contributed by atoms with Gasteiger partial charge in [0.25, 0.3) is 5.91 Å². The molecule has 154 valence electrons. The molecule has 2 aromatic rings. The van der Waals surface area contributed by atoms with Crippen molar-refractivity contribution in [1.29, 1.82) is 0 Å². The summed E-state index contributed by atoms with van der Waals surface area (Å²) in [6.07, 6.45) is 4.44. The van der Waals surface area contributed by atoms with Crippen molar-refractivity contribution in [3.05, 3.63) is 65.9 Å². The Bertz CT molecular complexity index is 1050. The summed E-state index contributed by atoms with van der Waals surface area (Å²) in [6.45, 7) is 6.11. The van der Waals surface area contributed by atoms with Crippen molar-refractivity contribution in [2.45, 2.75) is 19.4 Å². The number of amides is 1. The van der Waals surface area contributed by atoms with Crippen LogP contribution in [0.5, 0.6) is 17.2 Å². The lowest BCUT2D eigenvalue weighted by Gasteiger charge is -2.19. The van der Waals surface area contributed by atoms with E-state index in [-0.39, 0.29) is 11.9 Å². The number of carbonyl (C=O) groups is 1. The molecule has 0 aliphatic carbocycles. The first kappa shape index (κ1) is 19.8. The van der Waals surface area contributed by atoms with Gasteiger partial charge in [0.1, 0.15) is 12.4 Å². The van der Waals surface area contributed by atoms with Gasteiger partial charge in [0.05, 0.1) is 31.5 Å². The van der Waals surface area contributed by atoms with E-state index in [9.17, 15) is 4.79 Å². The van der Waals surface area contributed by atoms with E-state index in [1.807, 2.05) is 43.6 Å². The molecule has 2 aliphatic heterocycles. The molecule has 1 atom stereocenters. The standard InChI is InChI=1S/C24H24N2O4/c1-15(2)14-30-23-11-21-20(10-22(23)29-4)24(27)26-13-17(9-18(26)12-25-21)16-5-7-19(28-3)8-6-16/h5-8,10-13,18H,1,9,14H2,2-4H3. The monoisotopic (exact) mass is 404 g/mol. The van der Waals surface area contributed by atoms with Crippen LogP contribution in [0.3, 0.4) is 0 Å². The fourth-order valence-corrected chi connectivity index (χ4v) is 3.58. The van der Waals surface area contributed by atoms with E-state index in [1.165, 1.54) is 0 Å². The molecule has 0 saturated heterocycles. The molecule has 6 nitrogen and oxygen atoms in total. The number of aliphatic imine (C=N–C) groups is 1. The second kappa shape index (κ2) is 8.06. The number of methoxy groups -OCH3 is 2. The predicted octanol–water partition coefficient (Wildman–Crippen LogP) is 4.63. The van der Waals surface area contributed by atoms with Crippen molar-refractivity contribution in [2.24, 2.45) is 4.99 Å². The van der Waals surface area contributed by atoms with Gasteiger partial charge < -0.3 is 19.1 Å². The average Bonchev–Trinajstić information content (AvgIpc) is 3.14. The van der Waals surface area contributed by atoms with Crippen LogP contribution < -0.4 is 14.2 Å². The van der Waals surface area contributed by atoms with Crippen molar-refractivity contribution in [3.63, 3.8) is 0 Å². The Balaban J connectivity index is 1.66. The Morgan fingerprint density at radius 3 is 2.60 bits per heavy atom. The van der Waals surface area contributed by atoms with E-state index in [0.29, 0.717) is 35.8 Å². The summed E-state index contributed by atoms with van der Waals surface area (Å²) in [5.41, 5.74) is 4.10. The Morgan fingerprint density at radius 1 is 1.17 bits per heavy atom. The summed E-state index contributed by atoms with van der Waals surface area (Å²) in [6, 6.07) is 11.2. The van der Waals surface area contributed by atoms with Crippen LogP contribution in [0.1, 0.15) is 29.3 Å². The van der Waals surface area contributed by atoms with Crippen LogP contribution in [0.2, 0.25) is 0 Å². The van der Waals surface area contributed by atoms with E-state index in [2.05, 4.69) is 11.6 Å². The maximum absolute atomic E-state index is 13.3. The normalized spacial score (nSPS) is 17.0. The number of ether oxygens (including phenoxy) is 3. The molecule has 4 rings (SSSR count). The molecule has 0 radical (unpaired) electrons. The molecule has 2 aliphatic rings. The minimum atomic E-state index is -0.132. The summed E-state index contributed by atoms with van der Waals surface area (Å²) in [4.78, 5) is 19.7. The summed E-state index contributed by atoms with van der Waals surface area (Å²) in [5.74, 6) is 1.73. The summed E-state index contributed by atoms with van der Waals surface area (Å²) < 4.78 is 16.5. The van der Waals surface area contributed by atoms with Crippen molar-refractivity contribution in [3.8, 4) is 17.2 Å². The Hall–Kier alpha value is -3.54. The largest absolute Gasteiger partial charge is 0.497 e. The van der Waals surface area contributed by atoms with E-state index in [4.69, 9.17) is 14.2 Å². The number of rotatable bonds is 6. The highest BCUT2D eigenvalue weighted by Gasteiger charge is 2.33. The van der Waals surface area contributed by atoms with E-state index in [1.54, 1.807) is 31.3 Å². The molecular weight excluding hydrogens is 380 g/mol. The number of nitrogens with zero attached hydrogens (tertiary/aromatic N) is 2. The van der Waals surface area contributed by atoms with Gasteiger partial charge in [0.15, 0.2) is 11.5 Å². The van der Waals surface area contributed by atoms with Gasteiger partial charge in [0, 0.05) is 24.9 Å². The quantitative estimate of drug-likeness (QED) is 0.659. The number of fused-ring (bicyclic) bond motifs is 2. The first-order valence-corrected chi connectivity index (χ1v) is 9.71. The molecule has 30 heavy (non-hydrogen) atoms. The number of hydrogen-bond acceptors (Lipinski definition) is 5. The van der Waals surface area contributed by atoms with Gasteiger partial charge in [0.2, 0.25) is 0 Å². The summed E-state index contributed by atoms with van der Waals surface area (Å²) in [5, 5.41) is 0. The van der Waals surface area contributed by atoms with E-state index >= 15 is 0 Å². The van der Waals surface area contributed by atoms with Crippen LogP contribution in [0, 0.1) is 0 Å². The van der Waals surface area contributed by atoms with Gasteiger partial charge in [-0.15, -0.1) is 0 Å². The topological polar surface area (TPSA) is 60.4 Å². The zero-order chi connectivity index (χ0) is 21.3. The lowest BCUT2D eigenvalue weighted by atomic mass is 10.0. The smallest absolute Gasteiger partial charge is 0.260 e. The predicted molar refractivity (Wildman–Crippen MR) is 117 cm³/mol. The fourth-order valence-electron chi connectivity index (χ4n) is 3.58. The third-order valence-electron chi connectivity index (χ3n) is 5.15. The molecular formula is C24H24N2O4. The van der Waals surface area contributed by atoms with Crippen LogP contribution in [-0.2, 0) is 0 Å². The molecule has 2 heterocycles. The van der Waals surface area contributed by atoms with Crippen LogP contribution in [-0.4, -0.2) is 43.9 Å². The molecule has 0 saturated carbocycles. The Morgan fingerprint density at radius 2 is 1.93 bits per heavy atom. The zero-order valence-electron chi connectivity index (χ0n) is 17.3. The van der Waals surface area contributed by atoms with Gasteiger partial charge in [-0.2, -0.15) is 0 Å². The van der Waals surface area contributed by atoms with Crippen molar-refractivity contribution in [1.82, 2.24) is 4.90 Å². The van der Waals surface area contributed by atoms with Crippen molar-refractivity contribution < 1.29 is 19.0 Å². The maximum atomic E-state index is 13.3. The maximum Gasteiger partial charge on any atom is 0.260 e. The zero-order valence-corrected chi connectivity index (χ0v) is 17.3. The minimum Gasteiger partial charge on any atom is -0.497 e. The van der Waals surface area contributed by atoms with Gasteiger partial charge in [-0.1, -0.05) is 18.7 Å². The molecule has 6 heteroatoms. The van der Waals surface area contributed by atoms with Gasteiger partial charge in [-0.05, 0) is 41.8 Å². The first-order chi connectivity index (χ1) is 14.5. The van der Waals surface area contributed by atoms with Gasteiger partial charge >= 0.3 is 0 Å². The third-order valence-corrected chi connectivity index (χ3v) is 5.15. The lowest BCUT2D eigenvalue weighted by molar-refractivity contribution is 0.0817. The number of benzene rings is 2. The second-order valence-electron chi connectivity index (χ2n) is 7.41. The average molecular weight is 404 g/mol. The number of hydrogen-bond donors (Lipinski definition) is 0. The Labute approximate surface area is 176 Å². The summed E-state index contributed by atoms with van der Waals surface area (Å²) in [7, 11) is 3.20. The van der Waals surface area contributed by atoms with Crippen LogP contribution in [0.15, 0.2) is 59.7 Å². The first-order valence-electron chi connectivity index (χ1n) is 9.71.